The topological polar surface area (TPSA) is 96.5 Å². The van der Waals surface area contributed by atoms with Gasteiger partial charge in [0, 0.05) is 30.4 Å². The van der Waals surface area contributed by atoms with E-state index in [9.17, 15) is 4.79 Å². The van der Waals surface area contributed by atoms with Gasteiger partial charge in [0.25, 0.3) is 0 Å². The SMILES string of the molecule is O=C(NCc1ccc(-c2nn[nH]n2)cc1)C(Cc1cccnc1)C1CCCC1. The smallest absolute Gasteiger partial charge is 0.223 e. The first-order chi connectivity index (χ1) is 13.8. The fraction of sp³-hybridized carbons (Fsp3) is 0.381. The molecule has 2 N–H and O–H groups in total. The number of benzene rings is 1. The number of nitrogens with one attached hydrogen (secondary N) is 2. The largest absolute Gasteiger partial charge is 0.352 e. The average Bonchev–Trinajstić information content (AvgIpc) is 3.46. The highest BCUT2D eigenvalue weighted by Crippen LogP contribution is 2.33. The van der Waals surface area contributed by atoms with Crippen LogP contribution in [0.15, 0.2) is 48.8 Å². The lowest BCUT2D eigenvalue weighted by Gasteiger charge is -2.23. The maximum Gasteiger partial charge on any atom is 0.223 e. The van der Waals surface area contributed by atoms with Gasteiger partial charge in [0.15, 0.2) is 0 Å². The monoisotopic (exact) mass is 376 g/mol. The maximum absolute atomic E-state index is 13.0. The fourth-order valence-corrected chi connectivity index (χ4v) is 3.98. The Balaban J connectivity index is 1.39. The molecule has 0 saturated heterocycles. The minimum absolute atomic E-state index is 0.00491. The van der Waals surface area contributed by atoms with E-state index in [4.69, 9.17) is 0 Å². The van der Waals surface area contributed by atoms with Crippen LogP contribution in [0.5, 0.6) is 0 Å². The number of rotatable bonds is 7. The van der Waals surface area contributed by atoms with Crippen LogP contribution in [0.3, 0.4) is 0 Å². The van der Waals surface area contributed by atoms with Crippen LogP contribution in [-0.4, -0.2) is 31.5 Å². The fourth-order valence-electron chi connectivity index (χ4n) is 3.98. The van der Waals surface area contributed by atoms with Crippen molar-refractivity contribution in [3.63, 3.8) is 0 Å². The van der Waals surface area contributed by atoms with Gasteiger partial charge in [-0.15, -0.1) is 10.2 Å². The second kappa shape index (κ2) is 8.73. The lowest BCUT2D eigenvalue weighted by molar-refractivity contribution is -0.126. The molecular formula is C21H24N6O. The number of amides is 1. The summed E-state index contributed by atoms with van der Waals surface area (Å²) >= 11 is 0. The Morgan fingerprint density at radius 1 is 1.14 bits per heavy atom. The molecule has 1 aromatic carbocycles. The molecule has 144 valence electrons. The summed E-state index contributed by atoms with van der Waals surface area (Å²) in [6, 6.07) is 11.8. The van der Waals surface area contributed by atoms with Gasteiger partial charge in [0.2, 0.25) is 11.7 Å². The molecule has 1 amide bonds. The minimum atomic E-state index is 0.00491. The van der Waals surface area contributed by atoms with Gasteiger partial charge in [-0.1, -0.05) is 43.2 Å². The predicted molar refractivity (Wildman–Crippen MR) is 105 cm³/mol. The molecule has 1 aliphatic carbocycles. The number of H-pyrrole nitrogens is 1. The average molecular weight is 376 g/mol. The number of tetrazole rings is 1. The molecule has 7 nitrogen and oxygen atoms in total. The van der Waals surface area contributed by atoms with E-state index in [1.165, 1.54) is 12.8 Å². The summed E-state index contributed by atoms with van der Waals surface area (Å²) in [5.41, 5.74) is 3.07. The number of carbonyl (C=O) groups is 1. The predicted octanol–water partition coefficient (Wildman–Crippen LogP) is 2.93. The van der Waals surface area contributed by atoms with Gasteiger partial charge < -0.3 is 5.32 Å². The Kier molecular flexibility index (Phi) is 5.70. The number of carbonyl (C=O) groups excluding carboxylic acids is 1. The zero-order chi connectivity index (χ0) is 19.2. The van der Waals surface area contributed by atoms with E-state index in [1.54, 1.807) is 6.20 Å². The number of hydrogen-bond acceptors (Lipinski definition) is 5. The van der Waals surface area contributed by atoms with Crippen LogP contribution in [0.4, 0.5) is 0 Å². The summed E-state index contributed by atoms with van der Waals surface area (Å²) < 4.78 is 0. The van der Waals surface area contributed by atoms with Crippen LogP contribution in [0, 0.1) is 11.8 Å². The van der Waals surface area contributed by atoms with E-state index in [-0.39, 0.29) is 11.8 Å². The first-order valence-electron chi connectivity index (χ1n) is 9.79. The van der Waals surface area contributed by atoms with Crippen molar-refractivity contribution in [1.82, 2.24) is 30.9 Å². The standard InChI is InChI=1S/C21H24N6O/c28-21(19(17-5-1-2-6-17)12-16-4-3-11-22-13-16)23-14-15-7-9-18(10-8-15)20-24-26-27-25-20/h3-4,7-11,13,17,19H,1-2,5-6,12,14H2,(H,23,28)(H,24,25,26,27). The van der Waals surface area contributed by atoms with Gasteiger partial charge in [0.1, 0.15) is 0 Å². The molecule has 28 heavy (non-hydrogen) atoms. The van der Waals surface area contributed by atoms with E-state index in [0.717, 1.165) is 36.0 Å². The summed E-state index contributed by atoms with van der Waals surface area (Å²) in [6.45, 7) is 0.515. The maximum atomic E-state index is 13.0. The molecule has 4 rings (SSSR count). The van der Waals surface area contributed by atoms with Crippen LogP contribution in [-0.2, 0) is 17.8 Å². The zero-order valence-electron chi connectivity index (χ0n) is 15.7. The first-order valence-corrected chi connectivity index (χ1v) is 9.79. The summed E-state index contributed by atoms with van der Waals surface area (Å²) in [6.07, 6.45) is 9.10. The Labute approximate surface area is 164 Å². The molecule has 0 aliphatic heterocycles. The van der Waals surface area contributed by atoms with Crippen LogP contribution in [0.25, 0.3) is 11.4 Å². The molecule has 1 aliphatic rings. The summed E-state index contributed by atoms with van der Waals surface area (Å²) in [4.78, 5) is 17.2. The Morgan fingerprint density at radius 2 is 1.96 bits per heavy atom. The minimum Gasteiger partial charge on any atom is -0.352 e. The Morgan fingerprint density at radius 3 is 2.64 bits per heavy atom. The van der Waals surface area contributed by atoms with Crippen LogP contribution >= 0.6 is 0 Å². The summed E-state index contributed by atoms with van der Waals surface area (Å²) in [5, 5.41) is 17.1. The van der Waals surface area contributed by atoms with Crippen molar-refractivity contribution in [2.24, 2.45) is 11.8 Å². The lowest BCUT2D eigenvalue weighted by Crippen LogP contribution is -2.35. The number of aromatic amines is 1. The van der Waals surface area contributed by atoms with Crippen molar-refractivity contribution in [3.05, 3.63) is 59.9 Å². The van der Waals surface area contributed by atoms with E-state index in [0.29, 0.717) is 18.3 Å². The molecule has 2 heterocycles. The third-order valence-electron chi connectivity index (χ3n) is 5.51. The van der Waals surface area contributed by atoms with Crippen LogP contribution < -0.4 is 5.32 Å². The van der Waals surface area contributed by atoms with Gasteiger partial charge in [0.05, 0.1) is 0 Å². The lowest BCUT2D eigenvalue weighted by atomic mass is 9.85. The first kappa shape index (κ1) is 18.3. The highest BCUT2D eigenvalue weighted by molar-refractivity contribution is 5.79. The number of nitrogens with zero attached hydrogens (tertiary/aromatic N) is 4. The van der Waals surface area contributed by atoms with Gasteiger partial charge >= 0.3 is 0 Å². The van der Waals surface area contributed by atoms with Crippen molar-refractivity contribution < 1.29 is 4.79 Å². The van der Waals surface area contributed by atoms with Crippen molar-refractivity contribution in [3.8, 4) is 11.4 Å². The molecule has 0 bridgehead atoms. The number of hydrogen-bond donors (Lipinski definition) is 2. The quantitative estimate of drug-likeness (QED) is 0.661. The van der Waals surface area contributed by atoms with Gasteiger partial charge in [-0.3, -0.25) is 9.78 Å². The van der Waals surface area contributed by atoms with Gasteiger partial charge in [-0.2, -0.15) is 5.21 Å². The highest BCUT2D eigenvalue weighted by atomic mass is 16.1. The van der Waals surface area contributed by atoms with E-state index >= 15 is 0 Å². The van der Waals surface area contributed by atoms with Crippen LogP contribution in [0.1, 0.15) is 36.8 Å². The number of pyridine rings is 1. The third kappa shape index (κ3) is 4.42. The van der Waals surface area contributed by atoms with Crippen molar-refractivity contribution in [2.75, 3.05) is 0 Å². The molecule has 2 aromatic heterocycles. The Hall–Kier alpha value is -3.09. The summed E-state index contributed by atoms with van der Waals surface area (Å²) in [7, 11) is 0. The van der Waals surface area contributed by atoms with Crippen molar-refractivity contribution in [2.45, 2.75) is 38.6 Å². The molecule has 0 radical (unpaired) electrons. The van der Waals surface area contributed by atoms with E-state index in [1.807, 2.05) is 36.5 Å². The van der Waals surface area contributed by atoms with E-state index < -0.39 is 0 Å². The molecular weight excluding hydrogens is 352 g/mol. The van der Waals surface area contributed by atoms with Gasteiger partial charge in [-0.05, 0) is 47.6 Å². The molecule has 1 saturated carbocycles. The molecule has 1 atom stereocenters. The normalized spacial score (nSPS) is 15.4. The van der Waals surface area contributed by atoms with Gasteiger partial charge in [-0.25, -0.2) is 0 Å². The molecule has 0 spiro atoms. The van der Waals surface area contributed by atoms with Crippen LogP contribution in [0.2, 0.25) is 0 Å². The van der Waals surface area contributed by atoms with E-state index in [2.05, 4.69) is 37.0 Å². The molecule has 1 unspecified atom stereocenters. The molecule has 3 aromatic rings. The Bertz CT molecular complexity index is 873. The molecule has 7 heteroatoms. The second-order valence-corrected chi connectivity index (χ2v) is 7.37. The zero-order valence-corrected chi connectivity index (χ0v) is 15.7. The van der Waals surface area contributed by atoms with Crippen molar-refractivity contribution >= 4 is 5.91 Å². The molecule has 1 fully saturated rings. The highest BCUT2D eigenvalue weighted by Gasteiger charge is 2.30. The van der Waals surface area contributed by atoms with Crippen molar-refractivity contribution in [1.29, 1.82) is 0 Å². The summed E-state index contributed by atoms with van der Waals surface area (Å²) in [5.74, 6) is 1.16. The number of aromatic nitrogens is 5. The second-order valence-electron chi connectivity index (χ2n) is 7.37. The third-order valence-corrected chi connectivity index (χ3v) is 5.51.